The van der Waals surface area contributed by atoms with Crippen molar-refractivity contribution in [2.24, 2.45) is 0 Å². The molecule has 0 saturated heterocycles. The molecule has 0 aliphatic heterocycles. The highest BCUT2D eigenvalue weighted by Gasteiger charge is 2.21. The van der Waals surface area contributed by atoms with Gasteiger partial charge in [0.1, 0.15) is 11.5 Å². The van der Waals surface area contributed by atoms with Crippen molar-refractivity contribution in [2.45, 2.75) is 52.7 Å². The standard InChI is InChI=1S/C46H44N2O4/c1-5-43(51-39-23-17-35(18-24-39)33-13-9-7-10-14-33)45(49)47-41-27-21-37(29-31(41)3)38-22-28-42(32(4)30-38)48-46(50)44(6-2)52-40-25-19-36(20-26-40)34-15-11-8-12-16-34/h7-30,43-44H,5-6H2,1-4H3,(H,47,49)(H,48,50). The summed E-state index contributed by atoms with van der Waals surface area (Å²) >= 11 is 0. The van der Waals surface area contributed by atoms with Crippen molar-refractivity contribution in [1.82, 2.24) is 0 Å². The average Bonchev–Trinajstić information content (AvgIpc) is 3.18. The molecule has 6 heteroatoms. The number of anilines is 2. The smallest absolute Gasteiger partial charge is 0.265 e. The van der Waals surface area contributed by atoms with E-state index in [1.54, 1.807) is 0 Å². The molecule has 52 heavy (non-hydrogen) atoms. The number of hydrogen-bond donors (Lipinski definition) is 2. The Bertz CT molecular complexity index is 1960. The van der Waals surface area contributed by atoms with E-state index in [1.165, 1.54) is 0 Å². The summed E-state index contributed by atoms with van der Waals surface area (Å²) in [6.45, 7) is 7.83. The number of rotatable bonds is 13. The van der Waals surface area contributed by atoms with Crippen LogP contribution in [0.2, 0.25) is 0 Å². The van der Waals surface area contributed by atoms with Crippen molar-refractivity contribution < 1.29 is 19.1 Å². The van der Waals surface area contributed by atoms with Gasteiger partial charge in [-0.25, -0.2) is 0 Å². The highest BCUT2D eigenvalue weighted by atomic mass is 16.5. The maximum atomic E-state index is 13.3. The third kappa shape index (κ3) is 8.77. The fraction of sp³-hybridized carbons (Fsp3) is 0.174. The third-order valence-electron chi connectivity index (χ3n) is 9.11. The van der Waals surface area contributed by atoms with Crippen molar-refractivity contribution in [2.75, 3.05) is 10.6 Å². The number of nitrogens with one attached hydrogen (secondary N) is 2. The van der Waals surface area contributed by atoms with E-state index in [1.807, 2.05) is 137 Å². The lowest BCUT2D eigenvalue weighted by atomic mass is 9.99. The number of carbonyl (C=O) groups excluding carboxylic acids is 2. The molecule has 2 atom stereocenters. The lowest BCUT2D eigenvalue weighted by molar-refractivity contribution is -0.123. The number of ether oxygens (including phenoxy) is 2. The van der Waals surface area contributed by atoms with Crippen LogP contribution in [-0.4, -0.2) is 24.0 Å². The van der Waals surface area contributed by atoms with E-state index in [9.17, 15) is 9.59 Å². The number of carbonyl (C=O) groups is 2. The molecule has 0 fully saturated rings. The minimum absolute atomic E-state index is 0.194. The van der Waals surface area contributed by atoms with Gasteiger partial charge in [0.05, 0.1) is 0 Å². The Morgan fingerprint density at radius 1 is 0.462 bits per heavy atom. The molecule has 2 unspecified atom stereocenters. The van der Waals surface area contributed by atoms with E-state index in [0.29, 0.717) is 24.3 Å². The molecular weight excluding hydrogens is 645 g/mol. The predicted molar refractivity (Wildman–Crippen MR) is 212 cm³/mol. The van der Waals surface area contributed by atoms with Crippen LogP contribution in [0.5, 0.6) is 11.5 Å². The first-order valence-corrected chi connectivity index (χ1v) is 17.8. The second-order valence-corrected chi connectivity index (χ2v) is 12.8. The monoisotopic (exact) mass is 688 g/mol. The maximum Gasteiger partial charge on any atom is 0.265 e. The molecule has 0 aromatic heterocycles. The van der Waals surface area contributed by atoms with Gasteiger partial charge >= 0.3 is 0 Å². The van der Waals surface area contributed by atoms with E-state index < -0.39 is 12.2 Å². The molecule has 262 valence electrons. The molecule has 0 aliphatic carbocycles. The van der Waals surface area contributed by atoms with Crippen molar-refractivity contribution in [3.63, 3.8) is 0 Å². The van der Waals surface area contributed by atoms with E-state index in [0.717, 1.165) is 55.9 Å². The fourth-order valence-electron chi connectivity index (χ4n) is 6.08. The van der Waals surface area contributed by atoms with Crippen LogP contribution in [0.4, 0.5) is 11.4 Å². The Morgan fingerprint density at radius 3 is 1.12 bits per heavy atom. The van der Waals surface area contributed by atoms with Crippen LogP contribution in [-0.2, 0) is 9.59 Å². The lowest BCUT2D eigenvalue weighted by Crippen LogP contribution is -2.32. The zero-order valence-electron chi connectivity index (χ0n) is 30.1. The van der Waals surface area contributed by atoms with Crippen LogP contribution in [0.3, 0.4) is 0 Å². The predicted octanol–water partition coefficient (Wildman–Crippen LogP) is 10.9. The molecule has 0 aliphatic rings. The van der Waals surface area contributed by atoms with Gasteiger partial charge in [-0.15, -0.1) is 0 Å². The zero-order valence-corrected chi connectivity index (χ0v) is 30.1. The molecule has 0 bridgehead atoms. The summed E-state index contributed by atoms with van der Waals surface area (Å²) in [6.07, 6.45) is -0.216. The average molecular weight is 689 g/mol. The number of amides is 2. The van der Waals surface area contributed by atoms with Gasteiger partial charge in [0.2, 0.25) is 0 Å². The fourth-order valence-corrected chi connectivity index (χ4v) is 6.08. The minimum atomic E-state index is -0.634. The molecule has 0 heterocycles. The highest BCUT2D eigenvalue weighted by molar-refractivity contribution is 5.96. The number of aryl methyl sites for hydroxylation is 2. The first kappa shape index (κ1) is 35.7. The summed E-state index contributed by atoms with van der Waals surface area (Å²) < 4.78 is 12.2. The zero-order chi connectivity index (χ0) is 36.5. The maximum absolute atomic E-state index is 13.3. The minimum Gasteiger partial charge on any atom is -0.481 e. The summed E-state index contributed by atoms with van der Waals surface area (Å²) in [7, 11) is 0. The number of benzene rings is 6. The van der Waals surface area contributed by atoms with Gasteiger partial charge < -0.3 is 20.1 Å². The van der Waals surface area contributed by atoms with E-state index in [-0.39, 0.29) is 11.8 Å². The third-order valence-corrected chi connectivity index (χ3v) is 9.11. The molecule has 0 radical (unpaired) electrons. The summed E-state index contributed by atoms with van der Waals surface area (Å²) in [6, 6.07) is 47.8. The molecule has 6 rings (SSSR count). The summed E-state index contributed by atoms with van der Waals surface area (Å²) in [5.41, 5.74) is 9.78. The van der Waals surface area contributed by atoms with Crippen molar-refractivity contribution >= 4 is 23.2 Å². The molecular formula is C46H44N2O4. The van der Waals surface area contributed by atoms with Crippen LogP contribution in [0.1, 0.15) is 37.8 Å². The van der Waals surface area contributed by atoms with Gasteiger partial charge in [-0.1, -0.05) is 111 Å². The van der Waals surface area contributed by atoms with Crippen LogP contribution in [0, 0.1) is 13.8 Å². The topological polar surface area (TPSA) is 76.7 Å². The number of hydrogen-bond acceptors (Lipinski definition) is 4. The molecule has 2 amide bonds. The Kier molecular flexibility index (Phi) is 11.5. The van der Waals surface area contributed by atoms with E-state index in [2.05, 4.69) is 47.0 Å². The molecule has 6 nitrogen and oxygen atoms in total. The van der Waals surface area contributed by atoms with Gasteiger partial charge in [0.25, 0.3) is 11.8 Å². The van der Waals surface area contributed by atoms with Crippen LogP contribution in [0.25, 0.3) is 33.4 Å². The highest BCUT2D eigenvalue weighted by Crippen LogP contribution is 2.30. The van der Waals surface area contributed by atoms with Gasteiger partial charge in [-0.3, -0.25) is 9.59 Å². The second kappa shape index (κ2) is 16.7. The summed E-state index contributed by atoms with van der Waals surface area (Å²) in [5.74, 6) is 0.908. The van der Waals surface area contributed by atoms with Gasteiger partial charge in [-0.2, -0.15) is 0 Å². The van der Waals surface area contributed by atoms with Crippen molar-refractivity contribution in [3.8, 4) is 44.9 Å². The van der Waals surface area contributed by atoms with Gasteiger partial charge in [0.15, 0.2) is 12.2 Å². The first-order chi connectivity index (χ1) is 25.3. The molecule has 0 spiro atoms. The van der Waals surface area contributed by atoms with Gasteiger partial charge in [0, 0.05) is 11.4 Å². The quantitative estimate of drug-likeness (QED) is 0.127. The second-order valence-electron chi connectivity index (χ2n) is 12.8. The summed E-state index contributed by atoms with van der Waals surface area (Å²) in [4.78, 5) is 26.5. The Morgan fingerprint density at radius 2 is 0.788 bits per heavy atom. The van der Waals surface area contributed by atoms with Crippen molar-refractivity contribution in [3.05, 3.63) is 157 Å². The molecule has 6 aromatic rings. The normalized spacial score (nSPS) is 12.0. The lowest BCUT2D eigenvalue weighted by Gasteiger charge is -2.19. The van der Waals surface area contributed by atoms with Crippen molar-refractivity contribution in [1.29, 1.82) is 0 Å². The summed E-state index contributed by atoms with van der Waals surface area (Å²) in [5, 5.41) is 6.12. The van der Waals surface area contributed by atoms with Gasteiger partial charge in [-0.05, 0) is 120 Å². The Hall–Kier alpha value is -6.14. The Labute approximate surface area is 306 Å². The van der Waals surface area contributed by atoms with E-state index in [4.69, 9.17) is 9.47 Å². The van der Waals surface area contributed by atoms with Crippen LogP contribution >= 0.6 is 0 Å². The van der Waals surface area contributed by atoms with Crippen LogP contribution < -0.4 is 20.1 Å². The Balaban J connectivity index is 1.05. The van der Waals surface area contributed by atoms with E-state index >= 15 is 0 Å². The first-order valence-electron chi connectivity index (χ1n) is 17.8. The molecule has 2 N–H and O–H groups in total. The largest absolute Gasteiger partial charge is 0.481 e. The SMILES string of the molecule is CCC(Oc1ccc(-c2ccccc2)cc1)C(=O)Nc1ccc(-c2ccc(NC(=O)C(CC)Oc3ccc(-c4ccccc4)cc3)c(C)c2)cc1C. The van der Waals surface area contributed by atoms with Crippen LogP contribution in [0.15, 0.2) is 146 Å². The molecule has 6 aromatic carbocycles. The molecule has 0 saturated carbocycles.